The zero-order chi connectivity index (χ0) is 13.6. The molecule has 0 heterocycles. The molecular formula is C20H24. The normalized spacial score (nSPS) is 16.4. The second-order valence-corrected chi connectivity index (χ2v) is 5.98. The summed E-state index contributed by atoms with van der Waals surface area (Å²) < 4.78 is 0. The van der Waals surface area contributed by atoms with Crippen LogP contribution in [-0.2, 0) is 12.8 Å². The highest BCUT2D eigenvalue weighted by molar-refractivity contribution is 5.67. The van der Waals surface area contributed by atoms with Crippen LogP contribution in [0.2, 0.25) is 0 Å². The van der Waals surface area contributed by atoms with Gasteiger partial charge in [0.2, 0.25) is 0 Å². The second-order valence-electron chi connectivity index (χ2n) is 5.98. The molecule has 0 N–H and O–H groups in total. The first kappa shape index (κ1) is 13.4. The smallest absolute Gasteiger partial charge is 0.0152 e. The molecular weight excluding hydrogens is 240 g/mol. The Hall–Kier alpha value is -1.56. The quantitative estimate of drug-likeness (QED) is 0.564. The van der Waals surface area contributed by atoms with Crippen LogP contribution in [0.5, 0.6) is 0 Å². The van der Waals surface area contributed by atoms with E-state index in [1.807, 2.05) is 0 Å². The third-order valence-electron chi connectivity index (χ3n) is 4.44. The van der Waals surface area contributed by atoms with Gasteiger partial charge in [0.1, 0.15) is 0 Å². The van der Waals surface area contributed by atoms with Crippen molar-refractivity contribution < 1.29 is 0 Å². The van der Waals surface area contributed by atoms with Crippen molar-refractivity contribution in [2.24, 2.45) is 0 Å². The van der Waals surface area contributed by atoms with Crippen molar-refractivity contribution in [1.82, 2.24) is 0 Å². The van der Waals surface area contributed by atoms with Gasteiger partial charge in [0.15, 0.2) is 0 Å². The van der Waals surface area contributed by atoms with Crippen LogP contribution in [0, 0.1) is 0 Å². The van der Waals surface area contributed by atoms with E-state index >= 15 is 0 Å². The summed E-state index contributed by atoms with van der Waals surface area (Å²) >= 11 is 0. The van der Waals surface area contributed by atoms with Crippen molar-refractivity contribution in [3.05, 3.63) is 59.7 Å². The van der Waals surface area contributed by atoms with Crippen LogP contribution in [0.4, 0.5) is 0 Å². The molecule has 0 fully saturated rings. The maximum atomic E-state index is 2.32. The molecule has 104 valence electrons. The fourth-order valence-electron chi connectivity index (χ4n) is 3.22. The largest absolute Gasteiger partial charge is 0.0620 e. The first-order valence-corrected chi connectivity index (χ1v) is 8.11. The van der Waals surface area contributed by atoms with Gasteiger partial charge >= 0.3 is 0 Å². The molecule has 2 aliphatic rings. The van der Waals surface area contributed by atoms with E-state index in [4.69, 9.17) is 0 Å². The zero-order valence-electron chi connectivity index (χ0n) is 12.3. The third-order valence-corrected chi connectivity index (χ3v) is 4.44. The highest BCUT2D eigenvalue weighted by atomic mass is 14.1. The number of rotatable bonds is 0. The predicted octanol–water partition coefficient (Wildman–Crippen LogP) is 5.79. The van der Waals surface area contributed by atoms with Gasteiger partial charge < -0.3 is 0 Å². The van der Waals surface area contributed by atoms with Gasteiger partial charge in [-0.1, -0.05) is 74.2 Å². The van der Waals surface area contributed by atoms with Crippen LogP contribution in [0.3, 0.4) is 0 Å². The van der Waals surface area contributed by atoms with Crippen LogP contribution >= 0.6 is 0 Å². The van der Waals surface area contributed by atoms with Crippen molar-refractivity contribution in [3.63, 3.8) is 0 Å². The summed E-state index contributed by atoms with van der Waals surface area (Å²) in [5.41, 5.74) is 5.80. The average Bonchev–Trinajstić information content (AvgIpc) is 2.51. The molecule has 2 aromatic carbocycles. The van der Waals surface area contributed by atoms with Crippen molar-refractivity contribution in [2.75, 3.05) is 0 Å². The molecule has 0 saturated carbocycles. The molecule has 0 saturated heterocycles. The molecule has 0 aromatic heterocycles. The lowest BCUT2D eigenvalue weighted by molar-refractivity contribution is 0.594. The minimum atomic E-state index is 1.22. The van der Waals surface area contributed by atoms with Crippen LogP contribution < -0.4 is 0 Å². The van der Waals surface area contributed by atoms with Gasteiger partial charge in [-0.15, -0.1) is 0 Å². The molecule has 20 heavy (non-hydrogen) atoms. The Labute approximate surface area is 122 Å². The molecule has 0 amide bonds. The highest BCUT2D eigenvalue weighted by Crippen LogP contribution is 2.26. The Balaban J connectivity index is 1.92. The van der Waals surface area contributed by atoms with Crippen LogP contribution in [0.25, 0.3) is 11.1 Å². The maximum Gasteiger partial charge on any atom is -0.0152 e. The van der Waals surface area contributed by atoms with Gasteiger partial charge in [-0.25, -0.2) is 0 Å². The summed E-state index contributed by atoms with van der Waals surface area (Å²) in [5.74, 6) is 0. The fraction of sp³-hybridized carbons (Fsp3) is 0.400. The molecule has 0 unspecified atom stereocenters. The minimum Gasteiger partial charge on any atom is -0.0620 e. The third kappa shape index (κ3) is 3.30. The van der Waals surface area contributed by atoms with E-state index in [0.29, 0.717) is 0 Å². The lowest BCUT2D eigenvalue weighted by Crippen LogP contribution is -1.93. The minimum absolute atomic E-state index is 1.22. The predicted molar refractivity (Wildman–Crippen MR) is 87.0 cm³/mol. The summed E-state index contributed by atoms with van der Waals surface area (Å²) in [6, 6.07) is 18.2. The van der Waals surface area contributed by atoms with Crippen LogP contribution in [0.15, 0.2) is 48.5 Å². The summed E-state index contributed by atoms with van der Waals surface area (Å²) in [4.78, 5) is 0. The molecule has 0 spiro atoms. The molecule has 0 atom stereocenters. The van der Waals surface area contributed by atoms with E-state index in [2.05, 4.69) is 48.5 Å². The Morgan fingerprint density at radius 2 is 1.20 bits per heavy atom. The molecule has 2 aromatic rings. The Kier molecular flexibility index (Phi) is 4.53. The van der Waals surface area contributed by atoms with Gasteiger partial charge in [0, 0.05) is 0 Å². The van der Waals surface area contributed by atoms with Crippen molar-refractivity contribution in [2.45, 2.75) is 51.4 Å². The lowest BCUT2D eigenvalue weighted by Gasteiger charge is -2.12. The van der Waals surface area contributed by atoms with Crippen molar-refractivity contribution in [1.29, 1.82) is 0 Å². The molecule has 4 rings (SSSR count). The Bertz CT molecular complexity index is 536. The van der Waals surface area contributed by atoms with Crippen LogP contribution in [0.1, 0.15) is 49.7 Å². The summed E-state index contributed by atoms with van der Waals surface area (Å²) in [6.45, 7) is 0. The maximum absolute atomic E-state index is 2.32. The standard InChI is InChI=1S/C20H24/c1-2-4-6-10-18-11-7-8-12-20(18)19-15-13-17(14-16-19)9-5-3-1/h7-8,11-16H,1-6,9-10H2. The van der Waals surface area contributed by atoms with Crippen molar-refractivity contribution in [3.8, 4) is 11.1 Å². The van der Waals surface area contributed by atoms with Gasteiger partial charge in [-0.2, -0.15) is 0 Å². The highest BCUT2D eigenvalue weighted by Gasteiger charge is 2.05. The molecule has 2 aliphatic carbocycles. The van der Waals surface area contributed by atoms with E-state index in [1.54, 1.807) is 0 Å². The van der Waals surface area contributed by atoms with Gasteiger partial charge in [-0.3, -0.25) is 0 Å². The molecule has 0 radical (unpaired) electrons. The average molecular weight is 264 g/mol. The zero-order valence-corrected chi connectivity index (χ0v) is 12.3. The summed E-state index contributed by atoms with van der Waals surface area (Å²) in [7, 11) is 0. The molecule has 0 heteroatoms. The first-order chi connectivity index (χ1) is 9.93. The molecule has 0 nitrogen and oxygen atoms in total. The van der Waals surface area contributed by atoms with Crippen molar-refractivity contribution >= 4 is 0 Å². The monoisotopic (exact) mass is 264 g/mol. The SMILES string of the molecule is c1ccc2c(c1)CCCCCCCCc1ccc-2cc1. The Morgan fingerprint density at radius 1 is 0.550 bits per heavy atom. The summed E-state index contributed by atoms with van der Waals surface area (Å²) in [5, 5.41) is 0. The first-order valence-electron chi connectivity index (χ1n) is 8.11. The van der Waals surface area contributed by atoms with E-state index in [1.165, 1.54) is 73.6 Å². The Morgan fingerprint density at radius 3 is 2.00 bits per heavy atom. The van der Waals surface area contributed by atoms with Gasteiger partial charge in [0.05, 0.1) is 0 Å². The number of benzene rings is 2. The molecule has 0 aliphatic heterocycles. The van der Waals surface area contributed by atoms with E-state index in [-0.39, 0.29) is 0 Å². The van der Waals surface area contributed by atoms with Crippen LogP contribution in [-0.4, -0.2) is 0 Å². The van der Waals surface area contributed by atoms with Gasteiger partial charge in [-0.05, 0) is 47.9 Å². The number of hydrogen-bond acceptors (Lipinski definition) is 0. The molecule has 2 bridgehead atoms. The topological polar surface area (TPSA) is 0 Å². The number of hydrogen-bond donors (Lipinski definition) is 0. The summed E-state index contributed by atoms with van der Waals surface area (Å²) in [6.07, 6.45) is 10.7. The number of fused-ring (bicyclic) bond motifs is 9. The number of aryl methyl sites for hydroxylation is 2. The van der Waals surface area contributed by atoms with E-state index < -0.39 is 0 Å². The van der Waals surface area contributed by atoms with E-state index in [0.717, 1.165) is 0 Å². The second kappa shape index (κ2) is 6.74. The fourth-order valence-corrected chi connectivity index (χ4v) is 3.22. The van der Waals surface area contributed by atoms with Gasteiger partial charge in [0.25, 0.3) is 0 Å². The van der Waals surface area contributed by atoms with E-state index in [9.17, 15) is 0 Å². The lowest BCUT2D eigenvalue weighted by atomic mass is 9.93.